The Labute approximate surface area is 90.9 Å². The fourth-order valence-corrected chi connectivity index (χ4v) is 1.22. The average Bonchev–Trinajstić information content (AvgIpc) is 3.09. The predicted octanol–water partition coefficient (Wildman–Crippen LogP) is 1.15. The van der Waals surface area contributed by atoms with Gasteiger partial charge in [-0.1, -0.05) is 12.1 Å². The van der Waals surface area contributed by atoms with Gasteiger partial charge in [-0.05, 0) is 6.07 Å². The van der Waals surface area contributed by atoms with Gasteiger partial charge in [0, 0.05) is 6.07 Å². The molecule has 0 amide bonds. The molecule has 1 atom stereocenters. The minimum absolute atomic E-state index is 0.0341. The van der Waals surface area contributed by atoms with Crippen LogP contribution in [0.3, 0.4) is 0 Å². The maximum atomic E-state index is 11.5. The van der Waals surface area contributed by atoms with E-state index in [0.717, 1.165) is 0 Å². The molecule has 1 fully saturated rings. The van der Waals surface area contributed by atoms with Gasteiger partial charge in [-0.2, -0.15) is 0 Å². The van der Waals surface area contributed by atoms with Crippen molar-refractivity contribution in [1.82, 2.24) is 0 Å². The molecule has 6 heteroatoms. The molecule has 0 saturated carbocycles. The first-order chi connectivity index (χ1) is 7.68. The molecule has 2 rings (SSSR count). The van der Waals surface area contributed by atoms with E-state index in [4.69, 9.17) is 9.47 Å². The van der Waals surface area contributed by atoms with E-state index in [0.29, 0.717) is 6.61 Å². The molecule has 6 nitrogen and oxygen atoms in total. The van der Waals surface area contributed by atoms with Crippen LogP contribution in [0.1, 0.15) is 10.4 Å². The van der Waals surface area contributed by atoms with Gasteiger partial charge in [0.05, 0.1) is 11.5 Å². The summed E-state index contributed by atoms with van der Waals surface area (Å²) in [5.41, 5.74) is -0.280. The van der Waals surface area contributed by atoms with Crippen LogP contribution in [0.4, 0.5) is 5.69 Å². The van der Waals surface area contributed by atoms with E-state index < -0.39 is 10.9 Å². The number of nitro benzene ring substituents is 1. The summed E-state index contributed by atoms with van der Waals surface area (Å²) in [4.78, 5) is 21.6. The Hall–Kier alpha value is -1.95. The zero-order valence-corrected chi connectivity index (χ0v) is 8.29. The number of ether oxygens (including phenoxy) is 2. The van der Waals surface area contributed by atoms with Gasteiger partial charge in [-0.25, -0.2) is 4.79 Å². The third kappa shape index (κ3) is 2.34. The van der Waals surface area contributed by atoms with Gasteiger partial charge in [0.2, 0.25) is 0 Å². The van der Waals surface area contributed by atoms with E-state index in [-0.39, 0.29) is 24.0 Å². The van der Waals surface area contributed by atoms with Crippen LogP contribution in [0.25, 0.3) is 0 Å². The van der Waals surface area contributed by atoms with Gasteiger partial charge >= 0.3 is 5.97 Å². The number of epoxide rings is 1. The zero-order valence-electron chi connectivity index (χ0n) is 8.29. The Morgan fingerprint density at radius 1 is 1.56 bits per heavy atom. The van der Waals surface area contributed by atoms with Crippen molar-refractivity contribution in [3.05, 3.63) is 39.9 Å². The first-order valence-corrected chi connectivity index (χ1v) is 4.70. The van der Waals surface area contributed by atoms with E-state index in [1.165, 1.54) is 18.2 Å². The molecule has 0 radical (unpaired) electrons. The van der Waals surface area contributed by atoms with Crippen LogP contribution in [0, 0.1) is 10.1 Å². The van der Waals surface area contributed by atoms with Crippen molar-refractivity contribution >= 4 is 11.7 Å². The number of esters is 1. The van der Waals surface area contributed by atoms with Crippen molar-refractivity contribution < 1.29 is 19.2 Å². The lowest BCUT2D eigenvalue weighted by molar-refractivity contribution is -0.385. The number of nitrogens with zero attached hydrogens (tertiary/aromatic N) is 1. The second-order valence-electron chi connectivity index (χ2n) is 3.33. The molecule has 1 aromatic carbocycles. The highest BCUT2D eigenvalue weighted by Gasteiger charge is 2.26. The Bertz CT molecular complexity index is 427. The van der Waals surface area contributed by atoms with Crippen LogP contribution >= 0.6 is 0 Å². The molecule has 0 spiro atoms. The van der Waals surface area contributed by atoms with Crippen molar-refractivity contribution in [2.45, 2.75) is 6.10 Å². The second-order valence-corrected chi connectivity index (χ2v) is 3.33. The fraction of sp³-hybridized carbons (Fsp3) is 0.300. The van der Waals surface area contributed by atoms with Gasteiger partial charge in [0.25, 0.3) is 5.69 Å². The van der Waals surface area contributed by atoms with Gasteiger partial charge in [-0.3, -0.25) is 10.1 Å². The highest BCUT2D eigenvalue weighted by atomic mass is 16.6. The maximum absolute atomic E-state index is 11.5. The number of hydrogen-bond donors (Lipinski definition) is 0. The standard InChI is InChI=1S/C10H9NO5/c12-10(16-6-7-5-15-7)8-3-1-2-4-9(8)11(13)14/h1-4,7H,5-6H2. The number of carbonyl (C=O) groups excluding carboxylic acids is 1. The highest BCUT2D eigenvalue weighted by molar-refractivity contribution is 5.93. The molecule has 0 aromatic heterocycles. The lowest BCUT2D eigenvalue weighted by Crippen LogP contribution is -2.11. The summed E-state index contributed by atoms with van der Waals surface area (Å²) < 4.78 is 9.74. The summed E-state index contributed by atoms with van der Waals surface area (Å²) in [6.45, 7) is 0.717. The van der Waals surface area contributed by atoms with Crippen molar-refractivity contribution in [3.8, 4) is 0 Å². The molecule has 1 aliphatic rings. The van der Waals surface area contributed by atoms with E-state index in [9.17, 15) is 14.9 Å². The van der Waals surface area contributed by atoms with Crippen LogP contribution < -0.4 is 0 Å². The van der Waals surface area contributed by atoms with E-state index in [2.05, 4.69) is 0 Å². The first-order valence-electron chi connectivity index (χ1n) is 4.70. The molecule has 1 unspecified atom stereocenters. The maximum Gasteiger partial charge on any atom is 0.345 e. The Balaban J connectivity index is 2.11. The fourth-order valence-electron chi connectivity index (χ4n) is 1.22. The Morgan fingerprint density at radius 3 is 2.88 bits per heavy atom. The monoisotopic (exact) mass is 223 g/mol. The third-order valence-corrected chi connectivity index (χ3v) is 2.12. The first kappa shape index (κ1) is 10.6. The van der Waals surface area contributed by atoms with E-state index in [1.54, 1.807) is 6.07 Å². The lowest BCUT2D eigenvalue weighted by atomic mass is 10.2. The van der Waals surface area contributed by atoms with E-state index in [1.807, 2.05) is 0 Å². The van der Waals surface area contributed by atoms with Crippen LogP contribution in [-0.2, 0) is 9.47 Å². The summed E-state index contributed by atoms with van der Waals surface area (Å²) in [6, 6.07) is 5.69. The number of carbonyl (C=O) groups is 1. The Kier molecular flexibility index (Phi) is 2.82. The van der Waals surface area contributed by atoms with E-state index >= 15 is 0 Å². The van der Waals surface area contributed by atoms with Gasteiger partial charge < -0.3 is 9.47 Å². The van der Waals surface area contributed by atoms with Crippen LogP contribution in [0.15, 0.2) is 24.3 Å². The molecule has 0 aliphatic carbocycles. The van der Waals surface area contributed by atoms with Crippen LogP contribution in [0.2, 0.25) is 0 Å². The van der Waals surface area contributed by atoms with Crippen molar-refractivity contribution in [1.29, 1.82) is 0 Å². The largest absolute Gasteiger partial charge is 0.459 e. The molecule has 1 saturated heterocycles. The molecule has 1 aliphatic heterocycles. The smallest absolute Gasteiger partial charge is 0.345 e. The third-order valence-electron chi connectivity index (χ3n) is 2.12. The SMILES string of the molecule is O=C(OCC1CO1)c1ccccc1[N+](=O)[O-]. The Morgan fingerprint density at radius 2 is 2.25 bits per heavy atom. The number of hydrogen-bond acceptors (Lipinski definition) is 5. The number of rotatable bonds is 4. The van der Waals surface area contributed by atoms with Crippen molar-refractivity contribution in [2.24, 2.45) is 0 Å². The molecule has 84 valence electrons. The molecular formula is C10H9NO5. The van der Waals surface area contributed by atoms with Crippen LogP contribution in [-0.4, -0.2) is 30.2 Å². The summed E-state index contributed by atoms with van der Waals surface area (Å²) in [7, 11) is 0. The highest BCUT2D eigenvalue weighted by Crippen LogP contribution is 2.19. The van der Waals surface area contributed by atoms with Gasteiger partial charge in [-0.15, -0.1) is 0 Å². The quantitative estimate of drug-likeness (QED) is 0.331. The average molecular weight is 223 g/mol. The zero-order chi connectivity index (χ0) is 11.5. The number of para-hydroxylation sites is 1. The molecule has 0 N–H and O–H groups in total. The minimum atomic E-state index is -0.692. The molecule has 1 aromatic rings. The van der Waals surface area contributed by atoms with Gasteiger partial charge in [0.1, 0.15) is 18.3 Å². The summed E-state index contributed by atoms with van der Waals surface area (Å²) >= 11 is 0. The molecule has 16 heavy (non-hydrogen) atoms. The number of benzene rings is 1. The molecule has 1 heterocycles. The predicted molar refractivity (Wildman–Crippen MR) is 53.1 cm³/mol. The minimum Gasteiger partial charge on any atom is -0.459 e. The number of nitro groups is 1. The summed E-state index contributed by atoms with van der Waals surface area (Å²) in [5, 5.41) is 10.6. The normalized spacial score (nSPS) is 17.9. The lowest BCUT2D eigenvalue weighted by Gasteiger charge is -2.02. The van der Waals surface area contributed by atoms with Crippen LogP contribution in [0.5, 0.6) is 0 Å². The molecule has 0 bridgehead atoms. The summed E-state index contributed by atoms with van der Waals surface area (Å²) in [5.74, 6) is -0.692. The molecular weight excluding hydrogens is 214 g/mol. The van der Waals surface area contributed by atoms with Gasteiger partial charge in [0.15, 0.2) is 0 Å². The van der Waals surface area contributed by atoms with Crippen molar-refractivity contribution in [2.75, 3.05) is 13.2 Å². The van der Waals surface area contributed by atoms with Crippen molar-refractivity contribution in [3.63, 3.8) is 0 Å². The topological polar surface area (TPSA) is 82.0 Å². The second kappa shape index (κ2) is 4.28. The summed E-state index contributed by atoms with van der Waals surface area (Å²) in [6.07, 6.45) is -0.0493.